The third-order valence-electron chi connectivity index (χ3n) is 3.12. The van der Waals surface area contributed by atoms with Gasteiger partial charge in [0.05, 0.1) is 6.54 Å². The lowest BCUT2D eigenvalue weighted by Gasteiger charge is -2.33. The van der Waals surface area contributed by atoms with Crippen LogP contribution in [-0.4, -0.2) is 40.8 Å². The SMILES string of the molecule is CCCN(Cc1nnc(Cl)s1)C1CCNCC1. The molecular weight excluding hydrogens is 256 g/mol. The maximum Gasteiger partial charge on any atom is 0.207 e. The summed E-state index contributed by atoms with van der Waals surface area (Å²) in [6, 6.07) is 0.680. The van der Waals surface area contributed by atoms with Crippen LogP contribution in [0.15, 0.2) is 0 Å². The van der Waals surface area contributed by atoms with Gasteiger partial charge in [-0.3, -0.25) is 4.90 Å². The van der Waals surface area contributed by atoms with Crippen molar-refractivity contribution in [2.24, 2.45) is 0 Å². The van der Waals surface area contributed by atoms with Crippen LogP contribution in [0, 0.1) is 0 Å². The minimum absolute atomic E-state index is 0.543. The molecule has 1 aliphatic rings. The minimum atomic E-state index is 0.543. The third kappa shape index (κ3) is 3.88. The lowest BCUT2D eigenvalue weighted by atomic mass is 10.0. The van der Waals surface area contributed by atoms with Gasteiger partial charge in [-0.15, -0.1) is 10.2 Å². The van der Waals surface area contributed by atoms with Crippen LogP contribution < -0.4 is 5.32 Å². The second kappa shape index (κ2) is 6.64. The van der Waals surface area contributed by atoms with Crippen molar-refractivity contribution in [1.29, 1.82) is 0 Å². The van der Waals surface area contributed by atoms with E-state index in [0.29, 0.717) is 10.5 Å². The first-order valence-corrected chi connectivity index (χ1v) is 7.41. The molecule has 0 radical (unpaired) electrons. The van der Waals surface area contributed by atoms with Crippen molar-refractivity contribution in [3.05, 3.63) is 9.47 Å². The van der Waals surface area contributed by atoms with Crippen molar-refractivity contribution in [3.8, 4) is 0 Å². The summed E-state index contributed by atoms with van der Waals surface area (Å²) in [6.45, 7) is 6.50. The molecule has 96 valence electrons. The first-order chi connectivity index (χ1) is 8.29. The first-order valence-electron chi connectivity index (χ1n) is 6.22. The van der Waals surface area contributed by atoms with Gasteiger partial charge in [-0.05, 0) is 50.5 Å². The minimum Gasteiger partial charge on any atom is -0.317 e. The quantitative estimate of drug-likeness (QED) is 0.893. The Morgan fingerprint density at radius 3 is 2.76 bits per heavy atom. The maximum absolute atomic E-state index is 5.82. The van der Waals surface area contributed by atoms with Gasteiger partial charge in [-0.1, -0.05) is 18.3 Å². The Bertz CT molecular complexity index is 338. The molecule has 0 amide bonds. The van der Waals surface area contributed by atoms with Gasteiger partial charge in [0.1, 0.15) is 5.01 Å². The molecule has 1 aromatic heterocycles. The van der Waals surface area contributed by atoms with E-state index in [9.17, 15) is 0 Å². The highest BCUT2D eigenvalue weighted by atomic mass is 35.5. The molecule has 0 saturated carbocycles. The molecule has 1 N–H and O–H groups in total. The molecule has 2 heterocycles. The van der Waals surface area contributed by atoms with Crippen LogP contribution in [0.3, 0.4) is 0 Å². The Labute approximate surface area is 111 Å². The monoisotopic (exact) mass is 274 g/mol. The number of rotatable bonds is 5. The van der Waals surface area contributed by atoms with Crippen LogP contribution in [0.25, 0.3) is 0 Å². The first kappa shape index (κ1) is 13.2. The van der Waals surface area contributed by atoms with E-state index in [1.807, 2.05) is 0 Å². The summed E-state index contributed by atoms with van der Waals surface area (Å²) in [5.41, 5.74) is 0. The Balaban J connectivity index is 1.95. The lowest BCUT2D eigenvalue weighted by Crippen LogP contribution is -2.43. The summed E-state index contributed by atoms with van der Waals surface area (Å²) in [4.78, 5) is 2.53. The molecule has 6 heteroatoms. The van der Waals surface area contributed by atoms with Crippen molar-refractivity contribution in [2.75, 3.05) is 19.6 Å². The molecule has 1 saturated heterocycles. The predicted octanol–water partition coefficient (Wildman–Crippen LogP) is 2.16. The highest BCUT2D eigenvalue weighted by Gasteiger charge is 2.21. The standard InChI is InChI=1S/C11H19ClN4S/c1-2-7-16(9-3-5-13-6-4-9)8-10-14-15-11(12)17-10/h9,13H,2-8H2,1H3. The Morgan fingerprint density at radius 2 is 2.18 bits per heavy atom. The zero-order chi connectivity index (χ0) is 12.1. The molecule has 1 fully saturated rings. The van der Waals surface area contributed by atoms with Crippen LogP contribution in [0.5, 0.6) is 0 Å². The van der Waals surface area contributed by atoms with Gasteiger partial charge in [-0.25, -0.2) is 0 Å². The molecule has 0 bridgehead atoms. The summed E-state index contributed by atoms with van der Waals surface area (Å²) >= 11 is 7.31. The molecule has 1 aromatic rings. The average molecular weight is 275 g/mol. The van der Waals surface area contributed by atoms with Crippen molar-refractivity contribution < 1.29 is 0 Å². The summed E-state index contributed by atoms with van der Waals surface area (Å²) in [5.74, 6) is 0. The van der Waals surface area contributed by atoms with Crippen LogP contribution >= 0.6 is 22.9 Å². The van der Waals surface area contributed by atoms with E-state index in [-0.39, 0.29) is 0 Å². The molecule has 0 aromatic carbocycles. The number of nitrogens with one attached hydrogen (secondary N) is 1. The topological polar surface area (TPSA) is 41.1 Å². The molecular formula is C11H19ClN4S. The summed E-state index contributed by atoms with van der Waals surface area (Å²) in [6.07, 6.45) is 3.63. The average Bonchev–Trinajstić information content (AvgIpc) is 2.75. The van der Waals surface area contributed by atoms with Gasteiger partial charge in [0.2, 0.25) is 4.47 Å². The molecule has 2 rings (SSSR count). The zero-order valence-corrected chi connectivity index (χ0v) is 11.7. The molecule has 4 nitrogen and oxygen atoms in total. The van der Waals surface area contributed by atoms with Crippen LogP contribution in [-0.2, 0) is 6.54 Å². The van der Waals surface area contributed by atoms with E-state index < -0.39 is 0 Å². The van der Waals surface area contributed by atoms with Crippen molar-refractivity contribution in [2.45, 2.75) is 38.8 Å². The maximum atomic E-state index is 5.82. The van der Waals surface area contributed by atoms with Crippen molar-refractivity contribution >= 4 is 22.9 Å². The van der Waals surface area contributed by atoms with Crippen molar-refractivity contribution in [1.82, 2.24) is 20.4 Å². The number of piperidine rings is 1. The fraction of sp³-hybridized carbons (Fsp3) is 0.818. The summed E-state index contributed by atoms with van der Waals surface area (Å²) < 4.78 is 0.543. The molecule has 0 spiro atoms. The van der Waals surface area contributed by atoms with E-state index in [1.165, 1.54) is 30.6 Å². The Kier molecular flexibility index (Phi) is 5.16. The Morgan fingerprint density at radius 1 is 1.41 bits per heavy atom. The second-order valence-electron chi connectivity index (χ2n) is 4.40. The van der Waals surface area contributed by atoms with Gasteiger partial charge in [0.15, 0.2) is 0 Å². The fourth-order valence-electron chi connectivity index (χ4n) is 2.32. The van der Waals surface area contributed by atoms with Crippen LogP contribution in [0.4, 0.5) is 0 Å². The van der Waals surface area contributed by atoms with E-state index in [1.54, 1.807) is 0 Å². The van der Waals surface area contributed by atoms with Gasteiger partial charge >= 0.3 is 0 Å². The number of aromatic nitrogens is 2. The molecule has 17 heavy (non-hydrogen) atoms. The number of hydrogen-bond donors (Lipinski definition) is 1. The van der Waals surface area contributed by atoms with E-state index in [2.05, 4.69) is 27.3 Å². The fourth-order valence-corrected chi connectivity index (χ4v) is 3.21. The second-order valence-corrected chi connectivity index (χ2v) is 6.04. The van der Waals surface area contributed by atoms with Crippen LogP contribution in [0.2, 0.25) is 4.47 Å². The number of halogens is 1. The predicted molar refractivity (Wildman–Crippen MR) is 71.5 cm³/mol. The molecule has 0 atom stereocenters. The zero-order valence-electron chi connectivity index (χ0n) is 10.2. The highest BCUT2D eigenvalue weighted by molar-refractivity contribution is 7.15. The van der Waals surface area contributed by atoms with E-state index in [0.717, 1.165) is 31.2 Å². The van der Waals surface area contributed by atoms with E-state index >= 15 is 0 Å². The summed E-state index contributed by atoms with van der Waals surface area (Å²) in [7, 11) is 0. The molecule has 0 aliphatic carbocycles. The number of hydrogen-bond acceptors (Lipinski definition) is 5. The largest absolute Gasteiger partial charge is 0.317 e. The van der Waals surface area contributed by atoms with E-state index in [4.69, 9.17) is 11.6 Å². The smallest absolute Gasteiger partial charge is 0.207 e. The van der Waals surface area contributed by atoms with Gasteiger partial charge in [-0.2, -0.15) is 0 Å². The summed E-state index contributed by atoms with van der Waals surface area (Å²) in [5, 5.41) is 12.4. The van der Waals surface area contributed by atoms with Crippen molar-refractivity contribution in [3.63, 3.8) is 0 Å². The molecule has 1 aliphatic heterocycles. The van der Waals surface area contributed by atoms with Gasteiger partial charge < -0.3 is 5.32 Å². The highest BCUT2D eigenvalue weighted by Crippen LogP contribution is 2.20. The van der Waals surface area contributed by atoms with Gasteiger partial charge in [0, 0.05) is 6.04 Å². The third-order valence-corrected chi connectivity index (χ3v) is 4.12. The number of nitrogens with zero attached hydrogens (tertiary/aromatic N) is 3. The normalized spacial score (nSPS) is 17.8. The van der Waals surface area contributed by atoms with Crippen LogP contribution in [0.1, 0.15) is 31.2 Å². The molecule has 0 unspecified atom stereocenters. The lowest BCUT2D eigenvalue weighted by molar-refractivity contribution is 0.153. The van der Waals surface area contributed by atoms with Gasteiger partial charge in [0.25, 0.3) is 0 Å². The Hall–Kier alpha value is -0.230.